The SMILES string of the molecule is COc1ccc(C(O)(c2cccnc2)c2cc3ccccc3o2)cc1. The fourth-order valence-electron chi connectivity index (χ4n) is 3.02. The second kappa shape index (κ2) is 6.07. The molecule has 4 rings (SSSR count). The predicted molar refractivity (Wildman–Crippen MR) is 95.5 cm³/mol. The van der Waals surface area contributed by atoms with Gasteiger partial charge in [0.1, 0.15) is 17.1 Å². The van der Waals surface area contributed by atoms with Crippen LogP contribution in [0.15, 0.2) is 83.5 Å². The second-order valence-electron chi connectivity index (χ2n) is 5.83. The van der Waals surface area contributed by atoms with E-state index < -0.39 is 5.60 Å². The molecule has 2 heterocycles. The van der Waals surface area contributed by atoms with Crippen LogP contribution in [0.1, 0.15) is 16.9 Å². The molecule has 4 aromatic rings. The van der Waals surface area contributed by atoms with Crippen molar-refractivity contribution < 1.29 is 14.3 Å². The molecule has 124 valence electrons. The number of pyridine rings is 1. The lowest BCUT2D eigenvalue weighted by Gasteiger charge is -2.27. The maximum atomic E-state index is 11.7. The van der Waals surface area contributed by atoms with E-state index in [1.165, 1.54) is 0 Å². The van der Waals surface area contributed by atoms with Crippen LogP contribution < -0.4 is 4.74 Å². The Balaban J connectivity index is 1.94. The number of aromatic nitrogens is 1. The summed E-state index contributed by atoms with van der Waals surface area (Å²) in [4.78, 5) is 4.16. The largest absolute Gasteiger partial charge is 0.497 e. The van der Waals surface area contributed by atoms with Gasteiger partial charge in [0.2, 0.25) is 0 Å². The summed E-state index contributed by atoms with van der Waals surface area (Å²) in [6.07, 6.45) is 3.33. The zero-order valence-electron chi connectivity index (χ0n) is 13.7. The highest BCUT2D eigenvalue weighted by Gasteiger charge is 2.37. The molecule has 0 aliphatic carbocycles. The molecule has 0 bridgehead atoms. The first-order valence-corrected chi connectivity index (χ1v) is 7.98. The molecule has 2 aromatic carbocycles. The molecule has 0 aliphatic rings. The topological polar surface area (TPSA) is 55.5 Å². The number of furan rings is 1. The summed E-state index contributed by atoms with van der Waals surface area (Å²) >= 11 is 0. The lowest BCUT2D eigenvalue weighted by atomic mass is 9.85. The minimum Gasteiger partial charge on any atom is -0.497 e. The van der Waals surface area contributed by atoms with E-state index >= 15 is 0 Å². The van der Waals surface area contributed by atoms with Crippen molar-refractivity contribution in [3.05, 3.63) is 96.0 Å². The van der Waals surface area contributed by atoms with E-state index in [1.54, 1.807) is 25.6 Å². The first kappa shape index (κ1) is 15.4. The molecule has 1 atom stereocenters. The van der Waals surface area contributed by atoms with E-state index in [-0.39, 0.29) is 0 Å². The predicted octanol–water partition coefficient (Wildman–Crippen LogP) is 4.12. The van der Waals surface area contributed by atoms with Gasteiger partial charge in [-0.15, -0.1) is 0 Å². The molecule has 0 saturated heterocycles. The number of benzene rings is 2. The van der Waals surface area contributed by atoms with Crippen molar-refractivity contribution in [2.24, 2.45) is 0 Å². The Bertz CT molecular complexity index is 960. The van der Waals surface area contributed by atoms with Gasteiger partial charge in [-0.05, 0) is 35.9 Å². The average Bonchev–Trinajstić information content (AvgIpc) is 3.13. The molecule has 0 amide bonds. The average molecular weight is 331 g/mol. The molecule has 1 unspecified atom stereocenters. The van der Waals surface area contributed by atoms with E-state index in [9.17, 15) is 5.11 Å². The minimum absolute atomic E-state index is 0.451. The van der Waals surface area contributed by atoms with Crippen molar-refractivity contribution in [2.75, 3.05) is 7.11 Å². The number of aliphatic hydroxyl groups is 1. The van der Waals surface area contributed by atoms with Crippen LogP contribution in [-0.4, -0.2) is 17.2 Å². The zero-order chi connectivity index (χ0) is 17.3. The Hall–Kier alpha value is -3.11. The molecule has 25 heavy (non-hydrogen) atoms. The van der Waals surface area contributed by atoms with Crippen LogP contribution in [0.3, 0.4) is 0 Å². The van der Waals surface area contributed by atoms with Gasteiger partial charge in [-0.25, -0.2) is 0 Å². The second-order valence-corrected chi connectivity index (χ2v) is 5.83. The van der Waals surface area contributed by atoms with Gasteiger partial charge < -0.3 is 14.3 Å². The van der Waals surface area contributed by atoms with Crippen LogP contribution >= 0.6 is 0 Å². The van der Waals surface area contributed by atoms with Crippen molar-refractivity contribution in [3.8, 4) is 5.75 Å². The normalized spacial score (nSPS) is 13.5. The molecule has 1 N–H and O–H groups in total. The van der Waals surface area contributed by atoms with Gasteiger partial charge in [0, 0.05) is 23.3 Å². The molecular formula is C21H17NO3. The summed E-state index contributed by atoms with van der Waals surface area (Å²) in [6, 6.07) is 20.5. The quantitative estimate of drug-likeness (QED) is 0.611. The van der Waals surface area contributed by atoms with E-state index in [4.69, 9.17) is 9.15 Å². The van der Waals surface area contributed by atoms with Gasteiger partial charge in [-0.2, -0.15) is 0 Å². The number of hydrogen-bond donors (Lipinski definition) is 1. The highest BCUT2D eigenvalue weighted by atomic mass is 16.5. The first-order valence-electron chi connectivity index (χ1n) is 7.98. The van der Waals surface area contributed by atoms with E-state index in [0.29, 0.717) is 16.9 Å². The molecule has 0 aliphatic heterocycles. The standard InChI is InChI=1S/C21H17NO3/c1-24-18-10-8-16(9-11-18)21(23,17-6-4-12-22-14-17)20-13-15-5-2-3-7-19(15)25-20/h2-14,23H,1H3. The Labute approximate surface area is 145 Å². The summed E-state index contributed by atoms with van der Waals surface area (Å²) in [6.45, 7) is 0. The summed E-state index contributed by atoms with van der Waals surface area (Å²) in [7, 11) is 1.61. The minimum atomic E-state index is -1.44. The lowest BCUT2D eigenvalue weighted by Crippen LogP contribution is -2.28. The van der Waals surface area contributed by atoms with Crippen LogP contribution in [-0.2, 0) is 5.60 Å². The maximum Gasteiger partial charge on any atom is 0.174 e. The molecule has 0 fully saturated rings. The number of ether oxygens (including phenoxy) is 1. The van der Waals surface area contributed by atoms with Crippen LogP contribution in [0.4, 0.5) is 0 Å². The zero-order valence-corrected chi connectivity index (χ0v) is 13.7. The van der Waals surface area contributed by atoms with E-state index in [0.717, 1.165) is 16.7 Å². The van der Waals surface area contributed by atoms with Gasteiger partial charge >= 0.3 is 0 Å². The van der Waals surface area contributed by atoms with Crippen LogP contribution in [0.5, 0.6) is 5.75 Å². The third kappa shape index (κ3) is 2.57. The molecule has 0 saturated carbocycles. The molecule has 4 heteroatoms. The van der Waals surface area contributed by atoms with Gasteiger partial charge in [0.15, 0.2) is 5.60 Å². The van der Waals surface area contributed by atoms with Gasteiger partial charge in [0.05, 0.1) is 7.11 Å². The Morgan fingerprint density at radius 1 is 0.960 bits per heavy atom. The van der Waals surface area contributed by atoms with E-state index in [1.807, 2.05) is 60.7 Å². The van der Waals surface area contributed by atoms with Gasteiger partial charge in [-0.3, -0.25) is 4.98 Å². The molecule has 0 radical (unpaired) electrons. The number of fused-ring (bicyclic) bond motifs is 1. The van der Waals surface area contributed by atoms with Crippen LogP contribution in [0.25, 0.3) is 11.0 Å². The van der Waals surface area contributed by atoms with Crippen LogP contribution in [0, 0.1) is 0 Å². The summed E-state index contributed by atoms with van der Waals surface area (Å²) in [5, 5.41) is 12.7. The van der Waals surface area contributed by atoms with Crippen molar-refractivity contribution in [3.63, 3.8) is 0 Å². The fraction of sp³-hybridized carbons (Fsp3) is 0.0952. The van der Waals surface area contributed by atoms with Crippen molar-refractivity contribution >= 4 is 11.0 Å². The summed E-state index contributed by atoms with van der Waals surface area (Å²) in [5.41, 5.74) is 0.604. The summed E-state index contributed by atoms with van der Waals surface area (Å²) < 4.78 is 11.2. The monoisotopic (exact) mass is 331 g/mol. The number of rotatable bonds is 4. The van der Waals surface area contributed by atoms with E-state index in [2.05, 4.69) is 4.98 Å². The fourth-order valence-corrected chi connectivity index (χ4v) is 3.02. The summed E-state index contributed by atoms with van der Waals surface area (Å²) in [5.74, 6) is 1.17. The number of methoxy groups -OCH3 is 1. The molecule has 0 spiro atoms. The molecular weight excluding hydrogens is 314 g/mol. The highest BCUT2D eigenvalue weighted by Crippen LogP contribution is 2.39. The first-order chi connectivity index (χ1) is 12.2. The third-order valence-corrected chi connectivity index (χ3v) is 4.37. The Kier molecular flexibility index (Phi) is 3.75. The molecule has 4 nitrogen and oxygen atoms in total. The van der Waals surface area contributed by atoms with Crippen molar-refractivity contribution in [2.45, 2.75) is 5.60 Å². The Morgan fingerprint density at radius 3 is 2.44 bits per heavy atom. The Morgan fingerprint density at radius 2 is 1.76 bits per heavy atom. The van der Waals surface area contributed by atoms with Gasteiger partial charge in [0.25, 0.3) is 0 Å². The van der Waals surface area contributed by atoms with Crippen LogP contribution in [0.2, 0.25) is 0 Å². The third-order valence-electron chi connectivity index (χ3n) is 4.37. The number of para-hydroxylation sites is 1. The van der Waals surface area contributed by atoms with Crippen molar-refractivity contribution in [1.82, 2.24) is 4.98 Å². The number of nitrogens with zero attached hydrogens (tertiary/aromatic N) is 1. The smallest absolute Gasteiger partial charge is 0.174 e. The molecule has 2 aromatic heterocycles. The maximum absolute atomic E-state index is 11.7. The number of hydrogen-bond acceptors (Lipinski definition) is 4. The van der Waals surface area contributed by atoms with Gasteiger partial charge in [-0.1, -0.05) is 36.4 Å². The van der Waals surface area contributed by atoms with Crippen molar-refractivity contribution in [1.29, 1.82) is 0 Å². The lowest BCUT2D eigenvalue weighted by molar-refractivity contribution is 0.101. The highest BCUT2D eigenvalue weighted by molar-refractivity contribution is 5.78.